The van der Waals surface area contributed by atoms with Gasteiger partial charge >= 0.3 is 0 Å². The first-order valence-corrected chi connectivity index (χ1v) is 0.928. The molecule has 0 aliphatic carbocycles. The molecular formula is C2H4AuO2Ti. The van der Waals surface area contributed by atoms with E-state index in [0.29, 0.717) is 0 Å². The number of rotatable bonds is 0. The summed E-state index contributed by atoms with van der Waals surface area (Å²) in [6, 6.07) is 0. The van der Waals surface area contributed by atoms with Gasteiger partial charge in [-0.3, -0.25) is 4.79 Å². The predicted molar refractivity (Wildman–Crippen MR) is 13.3 cm³/mol. The first kappa shape index (κ1) is 15.8. The van der Waals surface area contributed by atoms with Crippen LogP contribution in [-0.2, 0) is 48.9 Å². The Balaban J connectivity index is -0.0000000450. The average molecular weight is 305 g/mol. The molecule has 0 atom stereocenters. The molecule has 0 heterocycles. The molecule has 0 aromatic carbocycles. The monoisotopic (exact) mass is 305 g/mol. The van der Waals surface area contributed by atoms with E-state index < -0.39 is 5.97 Å². The molecule has 0 rings (SSSR count). The van der Waals surface area contributed by atoms with Crippen LogP contribution < -0.4 is 0 Å². The molecule has 0 aromatic heterocycles. The van der Waals surface area contributed by atoms with Crippen molar-refractivity contribution in [2.45, 2.75) is 6.92 Å². The zero-order valence-corrected chi connectivity index (χ0v) is 6.88. The standard InChI is InChI=1S/C2H4O2.Au.Ti/c1-2(3)4;;/h1H3,(H,3,4);;. The predicted octanol–water partition coefficient (Wildman–Crippen LogP) is 0.0859. The molecule has 0 saturated heterocycles. The van der Waals surface area contributed by atoms with Gasteiger partial charge in [0.25, 0.3) is 5.97 Å². The Morgan fingerprint density at radius 1 is 1.67 bits per heavy atom. The molecule has 0 fully saturated rings. The zero-order chi connectivity index (χ0) is 3.58. The van der Waals surface area contributed by atoms with Gasteiger partial charge in [-0.1, -0.05) is 0 Å². The number of hydrogen-bond donors (Lipinski definition) is 1. The smallest absolute Gasteiger partial charge is 0.300 e. The fourth-order valence-corrected chi connectivity index (χ4v) is 0. The fraction of sp³-hybridized carbons (Fsp3) is 0.500. The van der Waals surface area contributed by atoms with Crippen molar-refractivity contribution in [3.05, 3.63) is 0 Å². The first-order valence-electron chi connectivity index (χ1n) is 0.928. The van der Waals surface area contributed by atoms with Crippen molar-refractivity contribution >= 4 is 5.97 Å². The van der Waals surface area contributed by atoms with Crippen molar-refractivity contribution < 1.29 is 54.0 Å². The third-order valence-corrected chi connectivity index (χ3v) is 0. The Morgan fingerprint density at radius 3 is 1.67 bits per heavy atom. The second-order valence-corrected chi connectivity index (χ2v) is 0.519. The molecule has 0 aliphatic heterocycles. The normalized spacial score (nSPS) is 4.17. The van der Waals surface area contributed by atoms with Crippen molar-refractivity contribution in [2.75, 3.05) is 0 Å². The van der Waals surface area contributed by atoms with Gasteiger partial charge in [-0.15, -0.1) is 0 Å². The second-order valence-electron chi connectivity index (χ2n) is 0.519. The van der Waals surface area contributed by atoms with Gasteiger partial charge in [0.15, 0.2) is 0 Å². The average Bonchev–Trinajstić information content (AvgIpc) is 0.811. The Kier molecular flexibility index (Phi) is 24.5. The minimum atomic E-state index is -0.833. The van der Waals surface area contributed by atoms with Crippen LogP contribution in [0.15, 0.2) is 0 Å². The van der Waals surface area contributed by atoms with Gasteiger partial charge in [-0.2, -0.15) is 0 Å². The van der Waals surface area contributed by atoms with Crippen molar-refractivity contribution in [3.8, 4) is 0 Å². The third-order valence-electron chi connectivity index (χ3n) is 0. The van der Waals surface area contributed by atoms with Gasteiger partial charge < -0.3 is 5.11 Å². The molecule has 0 amide bonds. The minimum Gasteiger partial charge on any atom is -0.481 e. The summed E-state index contributed by atoms with van der Waals surface area (Å²) in [5, 5.41) is 7.42. The molecule has 2 nitrogen and oxygen atoms in total. The quantitative estimate of drug-likeness (QED) is 0.644. The Bertz CT molecular complexity index is 34.5. The van der Waals surface area contributed by atoms with E-state index in [0.717, 1.165) is 6.92 Å². The number of carbonyl (C=O) groups is 1. The molecule has 39 valence electrons. The number of aliphatic carboxylic acids is 1. The second kappa shape index (κ2) is 9.33. The molecule has 6 heavy (non-hydrogen) atoms. The molecule has 0 aromatic rings. The summed E-state index contributed by atoms with van der Waals surface area (Å²) in [5.74, 6) is -0.833. The van der Waals surface area contributed by atoms with E-state index in [4.69, 9.17) is 9.90 Å². The summed E-state index contributed by atoms with van der Waals surface area (Å²) in [7, 11) is 0. The van der Waals surface area contributed by atoms with E-state index >= 15 is 0 Å². The molecule has 1 N–H and O–H groups in total. The summed E-state index contributed by atoms with van der Waals surface area (Å²) < 4.78 is 0. The van der Waals surface area contributed by atoms with Crippen LogP contribution in [0, 0.1) is 0 Å². The van der Waals surface area contributed by atoms with Crippen molar-refractivity contribution in [1.29, 1.82) is 0 Å². The maximum absolute atomic E-state index is 9.00. The van der Waals surface area contributed by atoms with Gasteiger partial charge in [0.05, 0.1) is 0 Å². The summed E-state index contributed by atoms with van der Waals surface area (Å²) >= 11 is 0. The van der Waals surface area contributed by atoms with Crippen LogP contribution in [0.3, 0.4) is 0 Å². The van der Waals surface area contributed by atoms with Crippen LogP contribution in [0.1, 0.15) is 6.92 Å². The van der Waals surface area contributed by atoms with E-state index in [2.05, 4.69) is 0 Å². The van der Waals surface area contributed by atoms with E-state index in [9.17, 15) is 0 Å². The summed E-state index contributed by atoms with van der Waals surface area (Å²) in [4.78, 5) is 9.00. The molecule has 0 aliphatic rings. The summed E-state index contributed by atoms with van der Waals surface area (Å²) in [6.07, 6.45) is 0. The Hall–Kier alpha value is 0.925. The molecule has 0 unspecified atom stereocenters. The topological polar surface area (TPSA) is 37.3 Å². The maximum Gasteiger partial charge on any atom is 0.300 e. The van der Waals surface area contributed by atoms with Crippen LogP contribution >= 0.6 is 0 Å². The van der Waals surface area contributed by atoms with E-state index in [1.54, 1.807) is 0 Å². The number of carboxylic acid groups (broad SMARTS) is 1. The van der Waals surface area contributed by atoms with Crippen LogP contribution in [0.5, 0.6) is 0 Å². The molecular weight excluding hydrogens is 301 g/mol. The molecule has 0 spiro atoms. The summed E-state index contributed by atoms with van der Waals surface area (Å²) in [6.45, 7) is 1.08. The van der Waals surface area contributed by atoms with E-state index in [1.165, 1.54) is 0 Å². The van der Waals surface area contributed by atoms with Gasteiger partial charge in [0.2, 0.25) is 0 Å². The van der Waals surface area contributed by atoms with Crippen molar-refractivity contribution in [1.82, 2.24) is 0 Å². The maximum atomic E-state index is 9.00. The van der Waals surface area contributed by atoms with Crippen LogP contribution in [-0.4, -0.2) is 11.1 Å². The van der Waals surface area contributed by atoms with Crippen LogP contribution in [0.2, 0.25) is 0 Å². The number of carboxylic acids is 1. The van der Waals surface area contributed by atoms with Gasteiger partial charge in [0.1, 0.15) is 0 Å². The Morgan fingerprint density at radius 2 is 1.67 bits per heavy atom. The van der Waals surface area contributed by atoms with Gasteiger partial charge in [0, 0.05) is 51.0 Å². The first-order chi connectivity index (χ1) is 1.73. The van der Waals surface area contributed by atoms with Gasteiger partial charge in [-0.05, 0) is 0 Å². The van der Waals surface area contributed by atoms with Crippen LogP contribution in [0.4, 0.5) is 0 Å². The van der Waals surface area contributed by atoms with Crippen LogP contribution in [0.25, 0.3) is 0 Å². The number of hydrogen-bond acceptors (Lipinski definition) is 1. The van der Waals surface area contributed by atoms with E-state index in [-0.39, 0.29) is 44.1 Å². The fourth-order valence-electron chi connectivity index (χ4n) is 0. The van der Waals surface area contributed by atoms with E-state index in [1.807, 2.05) is 0 Å². The van der Waals surface area contributed by atoms with Crippen molar-refractivity contribution in [3.63, 3.8) is 0 Å². The minimum absolute atomic E-state index is 0. The largest absolute Gasteiger partial charge is 0.481 e. The molecule has 0 bridgehead atoms. The van der Waals surface area contributed by atoms with Crippen molar-refractivity contribution in [2.24, 2.45) is 0 Å². The summed E-state index contributed by atoms with van der Waals surface area (Å²) in [5.41, 5.74) is 0. The van der Waals surface area contributed by atoms with Gasteiger partial charge in [-0.25, -0.2) is 0 Å². The molecule has 1 radical (unpaired) electrons. The third kappa shape index (κ3) is 88.7. The zero-order valence-electron chi connectivity index (χ0n) is 3.16. The Labute approximate surface area is 66.7 Å². The SMILES string of the molecule is CC(=O)O.[Au].[Ti]. The molecule has 4 heteroatoms. The molecule has 0 saturated carbocycles.